The van der Waals surface area contributed by atoms with Gasteiger partial charge in [-0.1, -0.05) is 12.1 Å². The minimum atomic E-state index is -3.78. The molecule has 0 saturated heterocycles. The van der Waals surface area contributed by atoms with Gasteiger partial charge in [0.1, 0.15) is 11.5 Å². The third-order valence-corrected chi connectivity index (χ3v) is 6.96. The average molecular weight is 472 g/mol. The van der Waals surface area contributed by atoms with Crippen LogP contribution in [-0.2, 0) is 15.8 Å². The number of sulfonamides is 1. The number of benzene rings is 2. The van der Waals surface area contributed by atoms with Crippen LogP contribution in [0.1, 0.15) is 18.4 Å². The number of thioether (sulfide) groups is 1. The van der Waals surface area contributed by atoms with Crippen molar-refractivity contribution in [1.29, 1.82) is 0 Å². The molecule has 0 aliphatic carbocycles. The van der Waals surface area contributed by atoms with Crippen LogP contribution >= 0.6 is 11.8 Å². The van der Waals surface area contributed by atoms with Gasteiger partial charge in [0, 0.05) is 22.8 Å². The standard InChI is InChI=1S/C22H21N3O5S2/c1-3-29-17-8-10-18(11-9-17)32(27,28)24-19-6-4-5-7-20(19)31-14-16-13-22(26)25-21(23-16)12-15(2)30-25/h4-13,24H,3,14H2,1-2H3. The molecule has 32 heavy (non-hydrogen) atoms. The van der Waals surface area contributed by atoms with Gasteiger partial charge in [-0.3, -0.25) is 9.52 Å². The highest BCUT2D eigenvalue weighted by atomic mass is 32.2. The summed E-state index contributed by atoms with van der Waals surface area (Å²) >= 11 is 1.38. The van der Waals surface area contributed by atoms with Crippen LogP contribution in [0.2, 0.25) is 0 Å². The van der Waals surface area contributed by atoms with Crippen molar-refractivity contribution in [1.82, 2.24) is 9.56 Å². The smallest absolute Gasteiger partial charge is 0.287 e. The largest absolute Gasteiger partial charge is 0.494 e. The molecule has 1 N–H and O–H groups in total. The van der Waals surface area contributed by atoms with Gasteiger partial charge < -0.3 is 9.26 Å². The molecular weight excluding hydrogens is 450 g/mol. The number of hydrogen-bond donors (Lipinski definition) is 1. The lowest BCUT2D eigenvalue weighted by molar-refractivity contribution is 0.340. The van der Waals surface area contributed by atoms with Crippen LogP contribution in [0, 0.1) is 6.92 Å². The number of rotatable bonds is 8. The van der Waals surface area contributed by atoms with Crippen molar-refractivity contribution in [3.8, 4) is 5.75 Å². The molecule has 2 heterocycles. The predicted octanol–water partition coefficient (Wildman–Crippen LogP) is 4.09. The molecule has 0 bridgehead atoms. The maximum Gasteiger partial charge on any atom is 0.287 e. The number of hydrogen-bond acceptors (Lipinski definition) is 7. The zero-order valence-corrected chi connectivity index (χ0v) is 19.1. The Morgan fingerprint density at radius 1 is 1.12 bits per heavy atom. The maximum atomic E-state index is 12.9. The van der Waals surface area contributed by atoms with E-state index in [4.69, 9.17) is 9.26 Å². The van der Waals surface area contributed by atoms with Crippen LogP contribution in [0.25, 0.3) is 5.65 Å². The molecular formula is C22H21N3O5S2. The second kappa shape index (κ2) is 9.09. The van der Waals surface area contributed by atoms with Crippen molar-refractivity contribution >= 4 is 33.1 Å². The van der Waals surface area contributed by atoms with Gasteiger partial charge in [-0.05, 0) is 50.2 Å². The Hall–Kier alpha value is -3.24. The molecule has 10 heteroatoms. The Bertz CT molecular complexity index is 1410. The van der Waals surface area contributed by atoms with E-state index in [1.54, 1.807) is 37.3 Å². The number of fused-ring (bicyclic) bond motifs is 1. The first kappa shape index (κ1) is 22.0. The molecule has 0 amide bonds. The van der Waals surface area contributed by atoms with E-state index < -0.39 is 10.0 Å². The lowest BCUT2D eigenvalue weighted by atomic mass is 10.3. The van der Waals surface area contributed by atoms with Gasteiger partial charge >= 0.3 is 0 Å². The fraction of sp³-hybridized carbons (Fsp3) is 0.182. The minimum Gasteiger partial charge on any atom is -0.494 e. The molecule has 2 aromatic heterocycles. The van der Waals surface area contributed by atoms with Crippen molar-refractivity contribution in [2.24, 2.45) is 0 Å². The fourth-order valence-corrected chi connectivity index (χ4v) is 5.11. The van der Waals surface area contributed by atoms with Crippen molar-refractivity contribution in [2.45, 2.75) is 29.4 Å². The van der Waals surface area contributed by atoms with Crippen molar-refractivity contribution in [2.75, 3.05) is 11.3 Å². The number of aryl methyl sites for hydroxylation is 1. The number of anilines is 1. The van der Waals surface area contributed by atoms with E-state index in [1.165, 1.54) is 30.0 Å². The number of para-hydroxylation sites is 1. The molecule has 2 aromatic carbocycles. The van der Waals surface area contributed by atoms with Crippen LogP contribution in [0.5, 0.6) is 5.75 Å². The van der Waals surface area contributed by atoms with Crippen molar-refractivity contribution in [3.05, 3.63) is 82.5 Å². The fourth-order valence-electron chi connectivity index (χ4n) is 3.06. The molecule has 4 aromatic rings. The molecule has 0 aliphatic rings. The number of nitrogens with one attached hydrogen (secondary N) is 1. The molecule has 4 rings (SSSR count). The topological polar surface area (TPSA) is 103 Å². The second-order valence-electron chi connectivity index (χ2n) is 6.88. The highest BCUT2D eigenvalue weighted by Crippen LogP contribution is 2.31. The first-order chi connectivity index (χ1) is 15.4. The van der Waals surface area contributed by atoms with E-state index in [0.717, 1.165) is 4.57 Å². The molecule has 0 radical (unpaired) electrons. The third kappa shape index (κ3) is 4.81. The van der Waals surface area contributed by atoms with Crippen LogP contribution in [0.4, 0.5) is 5.69 Å². The van der Waals surface area contributed by atoms with Gasteiger partial charge in [-0.25, -0.2) is 13.4 Å². The Labute approximate surface area is 189 Å². The summed E-state index contributed by atoms with van der Waals surface area (Å²) in [4.78, 5) is 17.5. The third-order valence-electron chi connectivity index (χ3n) is 4.48. The monoisotopic (exact) mass is 471 g/mol. The summed E-state index contributed by atoms with van der Waals surface area (Å²) in [5.74, 6) is 1.58. The Kier molecular flexibility index (Phi) is 6.24. The lowest BCUT2D eigenvalue weighted by Crippen LogP contribution is -2.14. The average Bonchev–Trinajstić information content (AvgIpc) is 3.14. The molecule has 0 aliphatic heterocycles. The second-order valence-corrected chi connectivity index (χ2v) is 9.58. The van der Waals surface area contributed by atoms with Gasteiger partial charge in [0.05, 0.1) is 22.9 Å². The van der Waals surface area contributed by atoms with Gasteiger partial charge in [0.2, 0.25) is 0 Å². The highest BCUT2D eigenvalue weighted by molar-refractivity contribution is 7.98. The van der Waals surface area contributed by atoms with Crippen LogP contribution < -0.4 is 15.0 Å². The van der Waals surface area contributed by atoms with E-state index in [9.17, 15) is 13.2 Å². The zero-order chi connectivity index (χ0) is 22.7. The normalized spacial score (nSPS) is 11.6. The number of ether oxygens (including phenoxy) is 1. The quantitative estimate of drug-likeness (QED) is 0.386. The van der Waals surface area contributed by atoms with E-state index in [1.807, 2.05) is 19.1 Å². The summed E-state index contributed by atoms with van der Waals surface area (Å²) in [5.41, 5.74) is 1.16. The van der Waals surface area contributed by atoms with Crippen molar-refractivity contribution in [3.63, 3.8) is 0 Å². The molecule has 0 atom stereocenters. The van der Waals surface area contributed by atoms with Gasteiger partial charge in [-0.2, -0.15) is 0 Å². The molecule has 0 spiro atoms. The van der Waals surface area contributed by atoms with Gasteiger partial charge in [-0.15, -0.1) is 16.3 Å². The summed E-state index contributed by atoms with van der Waals surface area (Å²) in [5, 5.41) is 0. The summed E-state index contributed by atoms with van der Waals surface area (Å²) < 4.78 is 40.2. The summed E-state index contributed by atoms with van der Waals surface area (Å²) in [6.45, 7) is 4.11. The van der Waals surface area contributed by atoms with Gasteiger partial charge in [0.25, 0.3) is 15.6 Å². The molecule has 0 unspecified atom stereocenters. The molecule has 166 valence electrons. The first-order valence-electron chi connectivity index (χ1n) is 9.83. The summed E-state index contributed by atoms with van der Waals surface area (Å²) in [6.07, 6.45) is 0. The Morgan fingerprint density at radius 3 is 2.62 bits per heavy atom. The molecule has 8 nitrogen and oxygen atoms in total. The van der Waals surface area contributed by atoms with Crippen LogP contribution in [0.3, 0.4) is 0 Å². The zero-order valence-electron chi connectivity index (χ0n) is 17.4. The van der Waals surface area contributed by atoms with Crippen molar-refractivity contribution < 1.29 is 17.7 Å². The number of nitrogens with zero attached hydrogens (tertiary/aromatic N) is 2. The Morgan fingerprint density at radius 2 is 1.88 bits per heavy atom. The SMILES string of the molecule is CCOc1ccc(S(=O)(=O)Nc2ccccc2SCc2cc(=O)n3oc(C)cc3n2)cc1. The molecule has 0 fully saturated rings. The predicted molar refractivity (Wildman–Crippen MR) is 123 cm³/mol. The first-order valence-corrected chi connectivity index (χ1v) is 12.3. The highest BCUT2D eigenvalue weighted by Gasteiger charge is 2.17. The van der Waals surface area contributed by atoms with E-state index in [0.29, 0.717) is 45.8 Å². The minimum absolute atomic E-state index is 0.135. The summed E-state index contributed by atoms with van der Waals surface area (Å²) in [7, 11) is -3.78. The van der Waals surface area contributed by atoms with Crippen LogP contribution in [0.15, 0.2) is 79.8 Å². The van der Waals surface area contributed by atoms with Gasteiger partial charge in [0.15, 0.2) is 5.65 Å². The van der Waals surface area contributed by atoms with E-state index in [2.05, 4.69) is 9.71 Å². The summed E-state index contributed by atoms with van der Waals surface area (Å²) in [6, 6.07) is 16.4. The lowest BCUT2D eigenvalue weighted by Gasteiger charge is -2.13. The maximum absolute atomic E-state index is 12.9. The number of aromatic nitrogens is 2. The van der Waals surface area contributed by atoms with Crippen LogP contribution in [-0.4, -0.2) is 24.6 Å². The Balaban J connectivity index is 1.53. The van der Waals surface area contributed by atoms with E-state index in [-0.39, 0.29) is 10.5 Å². The molecule has 0 saturated carbocycles. The van der Waals surface area contributed by atoms with E-state index >= 15 is 0 Å².